The van der Waals surface area contributed by atoms with Crippen LogP contribution in [0.25, 0.3) is 0 Å². The predicted molar refractivity (Wildman–Crippen MR) is 80.1 cm³/mol. The van der Waals surface area contributed by atoms with Gasteiger partial charge < -0.3 is 11.1 Å². The molecule has 3 heteroatoms. The van der Waals surface area contributed by atoms with Crippen molar-refractivity contribution in [1.29, 1.82) is 0 Å². The number of rotatable bonds is 6. The van der Waals surface area contributed by atoms with E-state index in [0.29, 0.717) is 19.5 Å². The topological polar surface area (TPSA) is 55.1 Å². The SMILES string of the molecule is Cc1ccc(CCC(=O)NCC(C)(C)CN)cc1C. The zero-order valence-electron chi connectivity index (χ0n) is 12.5. The second-order valence-electron chi connectivity index (χ2n) is 6.06. The molecule has 0 atom stereocenters. The molecule has 0 saturated carbocycles. The van der Waals surface area contributed by atoms with Gasteiger partial charge in [-0.2, -0.15) is 0 Å². The number of aryl methyl sites for hydroxylation is 3. The fraction of sp³-hybridized carbons (Fsp3) is 0.562. The highest BCUT2D eigenvalue weighted by molar-refractivity contribution is 5.76. The fourth-order valence-electron chi connectivity index (χ4n) is 1.72. The molecule has 0 spiro atoms. The van der Waals surface area contributed by atoms with Crippen molar-refractivity contribution in [3.8, 4) is 0 Å². The predicted octanol–water partition coefficient (Wildman–Crippen LogP) is 2.34. The number of benzene rings is 1. The lowest BCUT2D eigenvalue weighted by molar-refractivity contribution is -0.121. The molecular formula is C16H26N2O. The molecule has 0 saturated heterocycles. The summed E-state index contributed by atoms with van der Waals surface area (Å²) in [4.78, 5) is 11.8. The van der Waals surface area contributed by atoms with Gasteiger partial charge in [0.2, 0.25) is 5.91 Å². The zero-order chi connectivity index (χ0) is 14.5. The van der Waals surface area contributed by atoms with Crippen LogP contribution in [0.1, 0.15) is 37.0 Å². The van der Waals surface area contributed by atoms with Crippen LogP contribution < -0.4 is 11.1 Å². The van der Waals surface area contributed by atoms with E-state index >= 15 is 0 Å². The molecule has 0 fully saturated rings. The lowest BCUT2D eigenvalue weighted by atomic mass is 9.94. The van der Waals surface area contributed by atoms with Crippen LogP contribution in [0.2, 0.25) is 0 Å². The number of hydrogen-bond acceptors (Lipinski definition) is 2. The minimum Gasteiger partial charge on any atom is -0.356 e. The fourth-order valence-corrected chi connectivity index (χ4v) is 1.72. The standard InChI is InChI=1S/C16H26N2O/c1-12-5-6-14(9-13(12)2)7-8-15(19)18-11-16(3,4)10-17/h5-6,9H,7-8,10-11,17H2,1-4H3,(H,18,19). The first kappa shape index (κ1) is 15.7. The number of carbonyl (C=O) groups is 1. The van der Waals surface area contributed by atoms with Gasteiger partial charge >= 0.3 is 0 Å². The maximum atomic E-state index is 11.8. The van der Waals surface area contributed by atoms with Gasteiger partial charge in [-0.15, -0.1) is 0 Å². The summed E-state index contributed by atoms with van der Waals surface area (Å²) >= 11 is 0. The van der Waals surface area contributed by atoms with Gasteiger partial charge in [0.05, 0.1) is 0 Å². The first-order valence-electron chi connectivity index (χ1n) is 6.87. The number of hydrogen-bond donors (Lipinski definition) is 2. The van der Waals surface area contributed by atoms with Gasteiger partial charge in [-0.25, -0.2) is 0 Å². The second kappa shape index (κ2) is 6.71. The molecule has 3 N–H and O–H groups in total. The highest BCUT2D eigenvalue weighted by Gasteiger charge is 2.16. The molecule has 0 bridgehead atoms. The van der Waals surface area contributed by atoms with Crippen molar-refractivity contribution in [2.75, 3.05) is 13.1 Å². The van der Waals surface area contributed by atoms with Crippen molar-refractivity contribution in [3.05, 3.63) is 34.9 Å². The maximum Gasteiger partial charge on any atom is 0.220 e. The molecule has 0 aliphatic rings. The highest BCUT2D eigenvalue weighted by atomic mass is 16.1. The average Bonchev–Trinajstić information content (AvgIpc) is 2.38. The molecule has 1 amide bonds. The quantitative estimate of drug-likeness (QED) is 0.826. The van der Waals surface area contributed by atoms with Gasteiger partial charge in [-0.1, -0.05) is 32.0 Å². The van der Waals surface area contributed by atoms with E-state index < -0.39 is 0 Å². The lowest BCUT2D eigenvalue weighted by Gasteiger charge is -2.22. The van der Waals surface area contributed by atoms with Crippen LogP contribution >= 0.6 is 0 Å². The van der Waals surface area contributed by atoms with Crippen molar-refractivity contribution in [3.63, 3.8) is 0 Å². The molecule has 0 aliphatic heterocycles. The monoisotopic (exact) mass is 262 g/mol. The molecule has 1 rings (SSSR count). The number of carbonyl (C=O) groups excluding carboxylic acids is 1. The Labute approximate surface area is 116 Å². The minimum atomic E-state index is -0.0316. The van der Waals surface area contributed by atoms with Crippen LogP contribution in [0.3, 0.4) is 0 Å². The van der Waals surface area contributed by atoms with E-state index in [1.54, 1.807) is 0 Å². The van der Waals surface area contributed by atoms with E-state index in [4.69, 9.17) is 5.73 Å². The Hall–Kier alpha value is -1.35. The smallest absolute Gasteiger partial charge is 0.220 e. The summed E-state index contributed by atoms with van der Waals surface area (Å²) in [6.07, 6.45) is 1.32. The van der Waals surface area contributed by atoms with Crippen LogP contribution in [0.4, 0.5) is 0 Å². The van der Waals surface area contributed by atoms with Crippen molar-refractivity contribution in [2.24, 2.45) is 11.1 Å². The Balaban J connectivity index is 2.40. The Bertz CT molecular complexity index is 438. The molecule has 0 aromatic heterocycles. The Morgan fingerprint density at radius 1 is 1.26 bits per heavy atom. The molecule has 0 unspecified atom stereocenters. The van der Waals surface area contributed by atoms with Gasteiger partial charge in [0, 0.05) is 13.0 Å². The Kier molecular flexibility index (Phi) is 5.55. The summed E-state index contributed by atoms with van der Waals surface area (Å²) in [5, 5.41) is 2.95. The van der Waals surface area contributed by atoms with Gasteiger partial charge in [0.15, 0.2) is 0 Å². The van der Waals surface area contributed by atoms with Gasteiger partial charge in [-0.05, 0) is 48.9 Å². The van der Waals surface area contributed by atoms with E-state index in [1.807, 2.05) is 0 Å². The molecule has 1 aromatic carbocycles. The average molecular weight is 262 g/mol. The molecular weight excluding hydrogens is 236 g/mol. The van der Waals surface area contributed by atoms with E-state index in [1.165, 1.54) is 16.7 Å². The highest BCUT2D eigenvalue weighted by Crippen LogP contribution is 2.12. The van der Waals surface area contributed by atoms with Crippen molar-refractivity contribution < 1.29 is 4.79 Å². The van der Waals surface area contributed by atoms with Crippen molar-refractivity contribution >= 4 is 5.91 Å². The van der Waals surface area contributed by atoms with Crippen LogP contribution in [0.5, 0.6) is 0 Å². The third kappa shape index (κ3) is 5.43. The molecule has 0 radical (unpaired) electrons. The third-order valence-electron chi connectivity index (χ3n) is 3.53. The number of nitrogens with one attached hydrogen (secondary N) is 1. The molecule has 106 valence electrons. The van der Waals surface area contributed by atoms with Crippen LogP contribution in [0.15, 0.2) is 18.2 Å². The largest absolute Gasteiger partial charge is 0.356 e. The number of nitrogens with two attached hydrogens (primary N) is 1. The van der Waals surface area contributed by atoms with Gasteiger partial charge in [-0.3, -0.25) is 4.79 Å². The molecule has 0 heterocycles. The molecule has 0 aliphatic carbocycles. The molecule has 19 heavy (non-hydrogen) atoms. The summed E-state index contributed by atoms with van der Waals surface area (Å²) in [5.74, 6) is 0.0970. The van der Waals surface area contributed by atoms with Crippen molar-refractivity contribution in [1.82, 2.24) is 5.32 Å². The van der Waals surface area contributed by atoms with E-state index in [0.717, 1.165) is 6.42 Å². The first-order valence-corrected chi connectivity index (χ1v) is 6.87. The summed E-state index contributed by atoms with van der Waals surface area (Å²) in [7, 11) is 0. The normalized spacial score (nSPS) is 11.4. The van der Waals surface area contributed by atoms with E-state index in [2.05, 4.69) is 51.2 Å². The lowest BCUT2D eigenvalue weighted by Crippen LogP contribution is -2.38. The summed E-state index contributed by atoms with van der Waals surface area (Å²) in [5.41, 5.74) is 9.39. The van der Waals surface area contributed by atoms with E-state index in [9.17, 15) is 4.79 Å². The van der Waals surface area contributed by atoms with Gasteiger partial charge in [0.1, 0.15) is 0 Å². The van der Waals surface area contributed by atoms with Crippen LogP contribution in [0, 0.1) is 19.3 Å². The van der Waals surface area contributed by atoms with Gasteiger partial charge in [0.25, 0.3) is 0 Å². The first-order chi connectivity index (χ1) is 8.84. The maximum absolute atomic E-state index is 11.8. The molecule has 1 aromatic rings. The third-order valence-corrected chi connectivity index (χ3v) is 3.53. The Morgan fingerprint density at radius 3 is 2.53 bits per heavy atom. The molecule has 3 nitrogen and oxygen atoms in total. The summed E-state index contributed by atoms with van der Waals surface area (Å²) < 4.78 is 0. The zero-order valence-corrected chi connectivity index (χ0v) is 12.5. The number of amides is 1. The van der Waals surface area contributed by atoms with E-state index in [-0.39, 0.29) is 11.3 Å². The van der Waals surface area contributed by atoms with Crippen molar-refractivity contribution in [2.45, 2.75) is 40.5 Å². The summed E-state index contributed by atoms with van der Waals surface area (Å²) in [6.45, 7) is 9.51. The second-order valence-corrected chi connectivity index (χ2v) is 6.06. The summed E-state index contributed by atoms with van der Waals surface area (Å²) in [6, 6.07) is 6.37. The van der Waals surface area contributed by atoms with Crippen LogP contribution in [-0.4, -0.2) is 19.0 Å². The Morgan fingerprint density at radius 2 is 1.95 bits per heavy atom. The van der Waals surface area contributed by atoms with Crippen LogP contribution in [-0.2, 0) is 11.2 Å². The minimum absolute atomic E-state index is 0.0316.